The van der Waals surface area contributed by atoms with Crippen molar-refractivity contribution in [1.82, 2.24) is 14.7 Å². The Bertz CT molecular complexity index is 743. The van der Waals surface area contributed by atoms with Crippen molar-refractivity contribution in [3.63, 3.8) is 0 Å². The Morgan fingerprint density at radius 2 is 2.12 bits per heavy atom. The molecule has 0 unspecified atom stereocenters. The molecule has 1 aromatic carbocycles. The summed E-state index contributed by atoms with van der Waals surface area (Å²) < 4.78 is 20.5. The van der Waals surface area contributed by atoms with E-state index in [0.29, 0.717) is 29.9 Å². The van der Waals surface area contributed by atoms with Crippen LogP contribution in [0.15, 0.2) is 36.7 Å². The average molecular weight is 329 g/mol. The van der Waals surface area contributed by atoms with E-state index in [2.05, 4.69) is 5.10 Å². The zero-order chi connectivity index (χ0) is 16.7. The number of piperidine rings is 1. The van der Waals surface area contributed by atoms with Crippen LogP contribution in [-0.4, -0.2) is 39.3 Å². The first-order chi connectivity index (χ1) is 11.6. The molecular weight excluding hydrogens is 309 g/mol. The number of carbonyl (C=O) groups is 1. The number of benzene rings is 1. The van der Waals surface area contributed by atoms with Crippen LogP contribution in [0.4, 0.5) is 4.39 Å². The summed E-state index contributed by atoms with van der Waals surface area (Å²) in [7, 11) is 1.81. The first-order valence-corrected chi connectivity index (χ1v) is 8.31. The van der Waals surface area contributed by atoms with Crippen LogP contribution in [0.3, 0.4) is 0 Å². The predicted molar refractivity (Wildman–Crippen MR) is 86.2 cm³/mol. The summed E-state index contributed by atoms with van der Waals surface area (Å²) in [5, 5.41) is 4.10. The van der Waals surface area contributed by atoms with Gasteiger partial charge in [0.1, 0.15) is 18.2 Å². The first-order valence-electron chi connectivity index (χ1n) is 8.31. The highest BCUT2D eigenvalue weighted by atomic mass is 19.1. The van der Waals surface area contributed by atoms with Gasteiger partial charge in [-0.2, -0.15) is 5.10 Å². The topological polar surface area (TPSA) is 47.4 Å². The maximum atomic E-state index is 13.0. The Balaban J connectivity index is 1.50. The summed E-state index contributed by atoms with van der Waals surface area (Å²) in [6, 6.07) is 6.38. The fourth-order valence-electron chi connectivity index (χ4n) is 4.02. The molecule has 1 amide bonds. The Hall–Kier alpha value is -2.37. The largest absolute Gasteiger partial charge is 0.491 e. The molecule has 1 saturated carbocycles. The van der Waals surface area contributed by atoms with Gasteiger partial charge in [-0.3, -0.25) is 9.48 Å². The number of hydrogen-bond acceptors (Lipinski definition) is 3. The minimum atomic E-state index is -0.282. The summed E-state index contributed by atoms with van der Waals surface area (Å²) in [5.74, 6) is 0.864. The van der Waals surface area contributed by atoms with Gasteiger partial charge in [0.2, 0.25) is 0 Å². The van der Waals surface area contributed by atoms with Crippen molar-refractivity contribution in [2.45, 2.75) is 31.3 Å². The SMILES string of the molecule is Cn1cc(C(=O)N2[C@@H]3CC[C@H](C3)[C@@H]2COc2ccc(F)cc2)cn1. The van der Waals surface area contributed by atoms with Gasteiger partial charge in [-0.1, -0.05) is 0 Å². The number of aromatic nitrogens is 2. The van der Waals surface area contributed by atoms with Crippen molar-refractivity contribution >= 4 is 5.91 Å². The van der Waals surface area contributed by atoms with Crippen molar-refractivity contribution in [2.75, 3.05) is 6.61 Å². The second kappa shape index (κ2) is 5.92. The minimum Gasteiger partial charge on any atom is -0.491 e. The van der Waals surface area contributed by atoms with E-state index in [-0.39, 0.29) is 17.8 Å². The van der Waals surface area contributed by atoms with Gasteiger partial charge in [0.05, 0.1) is 17.8 Å². The second-order valence-electron chi connectivity index (χ2n) is 6.67. The van der Waals surface area contributed by atoms with Gasteiger partial charge in [0, 0.05) is 19.3 Å². The molecule has 4 rings (SSSR count). The van der Waals surface area contributed by atoms with Gasteiger partial charge in [-0.25, -0.2) is 4.39 Å². The quantitative estimate of drug-likeness (QED) is 0.866. The molecule has 24 heavy (non-hydrogen) atoms. The number of fused-ring (bicyclic) bond motifs is 2. The number of halogens is 1. The molecule has 5 nitrogen and oxygen atoms in total. The number of likely N-dealkylation sites (tertiary alicyclic amines) is 1. The molecule has 2 heterocycles. The molecule has 1 aromatic heterocycles. The number of nitrogens with zero attached hydrogens (tertiary/aromatic N) is 3. The fraction of sp³-hybridized carbons (Fsp3) is 0.444. The maximum Gasteiger partial charge on any atom is 0.257 e. The standard InChI is InChI=1S/C18H20FN3O2/c1-21-10-13(9-20-21)18(23)22-15-5-2-12(8-15)17(22)11-24-16-6-3-14(19)4-7-16/h3-4,6-7,9-10,12,15,17H,2,5,8,11H2,1H3/t12-,15-,17+/m1/s1. The van der Waals surface area contributed by atoms with Crippen molar-refractivity contribution in [3.05, 3.63) is 48.0 Å². The highest BCUT2D eigenvalue weighted by molar-refractivity contribution is 5.94. The number of rotatable bonds is 4. The van der Waals surface area contributed by atoms with Gasteiger partial charge >= 0.3 is 0 Å². The smallest absolute Gasteiger partial charge is 0.257 e. The van der Waals surface area contributed by atoms with Gasteiger partial charge in [0.25, 0.3) is 5.91 Å². The highest BCUT2D eigenvalue weighted by Crippen LogP contribution is 2.43. The maximum absolute atomic E-state index is 13.0. The van der Waals surface area contributed by atoms with Gasteiger partial charge in [0.15, 0.2) is 0 Å². The monoisotopic (exact) mass is 329 g/mol. The lowest BCUT2D eigenvalue weighted by Gasteiger charge is -2.35. The minimum absolute atomic E-state index is 0.0306. The van der Waals surface area contributed by atoms with Crippen LogP contribution in [-0.2, 0) is 7.05 Å². The zero-order valence-corrected chi connectivity index (χ0v) is 13.6. The lowest BCUT2D eigenvalue weighted by molar-refractivity contribution is 0.0505. The molecule has 0 N–H and O–H groups in total. The number of ether oxygens (including phenoxy) is 1. The molecule has 0 spiro atoms. The Morgan fingerprint density at radius 3 is 2.83 bits per heavy atom. The van der Waals surface area contributed by atoms with Gasteiger partial charge < -0.3 is 9.64 Å². The van der Waals surface area contributed by atoms with Crippen molar-refractivity contribution in [3.8, 4) is 5.75 Å². The molecule has 2 fully saturated rings. The average Bonchev–Trinajstić information content (AvgIpc) is 3.29. The molecule has 2 bridgehead atoms. The van der Waals surface area contributed by atoms with Crippen molar-refractivity contribution in [2.24, 2.45) is 13.0 Å². The molecule has 2 aliphatic rings. The van der Waals surface area contributed by atoms with Crippen LogP contribution < -0.4 is 4.74 Å². The summed E-state index contributed by atoms with van der Waals surface area (Å²) in [6.45, 7) is 0.443. The third-order valence-electron chi connectivity index (χ3n) is 5.16. The summed E-state index contributed by atoms with van der Waals surface area (Å²) >= 11 is 0. The van der Waals surface area contributed by atoms with Crippen LogP contribution >= 0.6 is 0 Å². The van der Waals surface area contributed by atoms with Gasteiger partial charge in [-0.05, 0) is 49.4 Å². The fourth-order valence-corrected chi connectivity index (χ4v) is 4.02. The summed E-state index contributed by atoms with van der Waals surface area (Å²) in [6.07, 6.45) is 6.62. The van der Waals surface area contributed by atoms with Crippen LogP contribution in [0.2, 0.25) is 0 Å². The van der Waals surface area contributed by atoms with E-state index in [4.69, 9.17) is 4.74 Å². The van der Waals surface area contributed by atoms with Crippen LogP contribution in [0.5, 0.6) is 5.75 Å². The number of amides is 1. The summed E-state index contributed by atoms with van der Waals surface area (Å²) in [4.78, 5) is 14.9. The van der Waals surface area contributed by atoms with E-state index in [0.717, 1.165) is 19.3 Å². The zero-order valence-electron chi connectivity index (χ0n) is 13.6. The van der Waals surface area contributed by atoms with Crippen LogP contribution in [0.25, 0.3) is 0 Å². The summed E-state index contributed by atoms with van der Waals surface area (Å²) in [5.41, 5.74) is 0.622. The van der Waals surface area contributed by atoms with E-state index >= 15 is 0 Å². The lowest BCUT2D eigenvalue weighted by atomic mass is 9.99. The van der Waals surface area contributed by atoms with Crippen LogP contribution in [0.1, 0.15) is 29.6 Å². The van der Waals surface area contributed by atoms with Crippen molar-refractivity contribution < 1.29 is 13.9 Å². The molecular formula is C18H20FN3O2. The molecule has 3 atom stereocenters. The second-order valence-corrected chi connectivity index (χ2v) is 6.67. The Kier molecular flexibility index (Phi) is 3.75. The number of hydrogen-bond donors (Lipinski definition) is 0. The molecule has 6 heteroatoms. The van der Waals surface area contributed by atoms with E-state index in [1.54, 1.807) is 29.2 Å². The van der Waals surface area contributed by atoms with Gasteiger partial charge in [-0.15, -0.1) is 0 Å². The molecule has 1 saturated heterocycles. The van der Waals surface area contributed by atoms with E-state index in [9.17, 15) is 9.18 Å². The van der Waals surface area contributed by atoms with Crippen molar-refractivity contribution in [1.29, 1.82) is 0 Å². The lowest BCUT2D eigenvalue weighted by Crippen LogP contribution is -2.47. The first kappa shape index (κ1) is 15.2. The normalized spacial score (nSPS) is 25.2. The van der Waals surface area contributed by atoms with E-state index in [1.165, 1.54) is 12.1 Å². The van der Waals surface area contributed by atoms with Crippen LogP contribution in [0, 0.1) is 11.7 Å². The Labute approximate surface area is 140 Å². The highest BCUT2D eigenvalue weighted by Gasteiger charge is 2.48. The Morgan fingerprint density at radius 1 is 1.33 bits per heavy atom. The molecule has 0 radical (unpaired) electrons. The third kappa shape index (κ3) is 2.66. The predicted octanol–water partition coefficient (Wildman–Crippen LogP) is 2.63. The van der Waals surface area contributed by atoms with E-state index in [1.807, 2.05) is 11.9 Å². The van der Waals surface area contributed by atoms with E-state index < -0.39 is 0 Å². The molecule has 2 aromatic rings. The molecule has 1 aliphatic heterocycles. The third-order valence-corrected chi connectivity index (χ3v) is 5.16. The number of carbonyl (C=O) groups excluding carboxylic acids is 1. The number of aryl methyl sites for hydroxylation is 1. The molecule has 126 valence electrons. The molecule has 1 aliphatic carbocycles.